The van der Waals surface area contributed by atoms with E-state index >= 15 is 0 Å². The van der Waals surface area contributed by atoms with Gasteiger partial charge in [-0.2, -0.15) is 5.26 Å². The van der Waals surface area contributed by atoms with Gasteiger partial charge in [-0.3, -0.25) is 4.90 Å². The standard InChI is InChI=1S/C20H22FN3O/c1-23(19-8-7-18(21)11-17(19)12-22)14-20(25)9-10-24(15-20)13-16-5-3-2-4-6-16/h2-8,11,25H,9-10,13-15H2,1H3. The first-order chi connectivity index (χ1) is 12.0. The number of likely N-dealkylation sites (tertiary alicyclic amines) is 1. The van der Waals surface area contributed by atoms with Gasteiger partial charge in [0.15, 0.2) is 0 Å². The molecule has 1 aliphatic rings. The minimum atomic E-state index is -0.843. The molecule has 1 N–H and O–H groups in total. The lowest BCUT2D eigenvalue weighted by atomic mass is 10.0. The Balaban J connectivity index is 1.65. The third-order valence-corrected chi connectivity index (χ3v) is 4.68. The molecule has 1 aliphatic heterocycles. The summed E-state index contributed by atoms with van der Waals surface area (Å²) in [4.78, 5) is 4.07. The van der Waals surface area contributed by atoms with Crippen molar-refractivity contribution in [1.29, 1.82) is 5.26 Å². The van der Waals surface area contributed by atoms with E-state index in [2.05, 4.69) is 17.0 Å². The summed E-state index contributed by atoms with van der Waals surface area (Å²) in [6.45, 7) is 2.62. The summed E-state index contributed by atoms with van der Waals surface area (Å²) in [5, 5.41) is 20.2. The van der Waals surface area contributed by atoms with Gasteiger partial charge in [0.1, 0.15) is 11.9 Å². The van der Waals surface area contributed by atoms with Crippen molar-refractivity contribution in [2.75, 3.05) is 31.6 Å². The molecule has 2 aromatic carbocycles. The van der Waals surface area contributed by atoms with Crippen molar-refractivity contribution in [2.45, 2.75) is 18.6 Å². The molecule has 0 saturated carbocycles. The molecule has 0 aromatic heterocycles. The van der Waals surface area contributed by atoms with Crippen LogP contribution in [0.3, 0.4) is 0 Å². The quantitative estimate of drug-likeness (QED) is 0.910. The number of rotatable bonds is 5. The Morgan fingerprint density at radius 2 is 2.04 bits per heavy atom. The molecule has 0 amide bonds. The highest BCUT2D eigenvalue weighted by atomic mass is 19.1. The molecule has 0 spiro atoms. The zero-order valence-electron chi connectivity index (χ0n) is 14.3. The average molecular weight is 339 g/mol. The van der Waals surface area contributed by atoms with Crippen LogP contribution < -0.4 is 4.90 Å². The summed E-state index contributed by atoms with van der Waals surface area (Å²) in [6.07, 6.45) is 0.674. The largest absolute Gasteiger partial charge is 0.387 e. The lowest BCUT2D eigenvalue weighted by Crippen LogP contribution is -2.44. The van der Waals surface area contributed by atoms with Crippen molar-refractivity contribution in [3.8, 4) is 6.07 Å². The van der Waals surface area contributed by atoms with Crippen molar-refractivity contribution >= 4 is 5.69 Å². The summed E-state index contributed by atoms with van der Waals surface area (Å²) in [7, 11) is 1.83. The van der Waals surface area contributed by atoms with E-state index in [1.54, 1.807) is 6.07 Å². The van der Waals surface area contributed by atoms with Crippen LogP contribution in [0.2, 0.25) is 0 Å². The molecular weight excluding hydrogens is 317 g/mol. The summed E-state index contributed by atoms with van der Waals surface area (Å²) in [5.41, 5.74) is 1.31. The number of halogens is 1. The van der Waals surface area contributed by atoms with Crippen LogP contribution in [0.1, 0.15) is 17.5 Å². The van der Waals surface area contributed by atoms with E-state index in [0.717, 1.165) is 13.1 Å². The second kappa shape index (κ2) is 7.22. The van der Waals surface area contributed by atoms with E-state index in [4.69, 9.17) is 0 Å². The molecule has 1 atom stereocenters. The number of benzene rings is 2. The fraction of sp³-hybridized carbons (Fsp3) is 0.350. The van der Waals surface area contributed by atoms with Gasteiger partial charge >= 0.3 is 0 Å². The Kier molecular flexibility index (Phi) is 5.03. The minimum absolute atomic E-state index is 0.283. The highest BCUT2D eigenvalue weighted by Crippen LogP contribution is 2.27. The normalized spacial score (nSPS) is 20.4. The van der Waals surface area contributed by atoms with Crippen molar-refractivity contribution in [3.05, 3.63) is 65.5 Å². The number of nitriles is 1. The molecule has 0 bridgehead atoms. The smallest absolute Gasteiger partial charge is 0.124 e. The van der Waals surface area contributed by atoms with Crippen LogP contribution in [0.25, 0.3) is 0 Å². The molecule has 0 radical (unpaired) electrons. The first-order valence-corrected chi connectivity index (χ1v) is 8.38. The molecule has 1 heterocycles. The Bertz CT molecular complexity index is 774. The van der Waals surface area contributed by atoms with Crippen molar-refractivity contribution < 1.29 is 9.50 Å². The van der Waals surface area contributed by atoms with Gasteiger partial charge in [0.05, 0.1) is 16.9 Å². The van der Waals surface area contributed by atoms with E-state index in [9.17, 15) is 14.8 Å². The zero-order valence-corrected chi connectivity index (χ0v) is 14.3. The molecule has 1 fully saturated rings. The lowest BCUT2D eigenvalue weighted by molar-refractivity contribution is 0.0562. The number of hydrogen-bond acceptors (Lipinski definition) is 4. The number of aliphatic hydroxyl groups is 1. The van der Waals surface area contributed by atoms with Gasteiger partial charge in [-0.05, 0) is 30.2 Å². The highest BCUT2D eigenvalue weighted by molar-refractivity contribution is 5.59. The fourth-order valence-electron chi connectivity index (χ4n) is 3.50. The first kappa shape index (κ1) is 17.4. The molecule has 1 unspecified atom stereocenters. The van der Waals surface area contributed by atoms with Crippen molar-refractivity contribution in [3.63, 3.8) is 0 Å². The summed E-state index contributed by atoms with van der Waals surface area (Å²) >= 11 is 0. The molecule has 1 saturated heterocycles. The third kappa shape index (κ3) is 4.16. The van der Waals surface area contributed by atoms with Gasteiger partial charge in [-0.15, -0.1) is 0 Å². The van der Waals surface area contributed by atoms with E-state index in [1.165, 1.54) is 17.7 Å². The summed E-state index contributed by atoms with van der Waals surface area (Å²) in [6, 6.07) is 16.4. The van der Waals surface area contributed by atoms with Crippen molar-refractivity contribution in [1.82, 2.24) is 4.90 Å². The van der Waals surface area contributed by atoms with E-state index in [-0.39, 0.29) is 5.56 Å². The monoisotopic (exact) mass is 339 g/mol. The van der Waals surface area contributed by atoms with Crippen LogP contribution >= 0.6 is 0 Å². The van der Waals surface area contributed by atoms with Crippen LogP contribution in [0, 0.1) is 17.1 Å². The molecule has 130 valence electrons. The average Bonchev–Trinajstić information content (AvgIpc) is 2.95. The number of hydrogen-bond donors (Lipinski definition) is 1. The van der Waals surface area contributed by atoms with Crippen LogP contribution in [0.15, 0.2) is 48.5 Å². The van der Waals surface area contributed by atoms with Crippen LogP contribution in [0.4, 0.5) is 10.1 Å². The lowest BCUT2D eigenvalue weighted by Gasteiger charge is -2.31. The van der Waals surface area contributed by atoms with Gasteiger partial charge in [-0.25, -0.2) is 4.39 Å². The zero-order chi connectivity index (χ0) is 17.9. The Hall–Kier alpha value is -2.42. The molecular formula is C20H22FN3O. The van der Waals surface area contributed by atoms with Gasteiger partial charge in [0.2, 0.25) is 0 Å². The SMILES string of the molecule is CN(CC1(O)CCN(Cc2ccccc2)C1)c1ccc(F)cc1C#N. The van der Waals surface area contributed by atoms with E-state index in [1.807, 2.05) is 36.2 Å². The Morgan fingerprint density at radius 1 is 1.28 bits per heavy atom. The second-order valence-electron chi connectivity index (χ2n) is 6.80. The number of nitrogens with zero attached hydrogens (tertiary/aromatic N) is 3. The summed E-state index contributed by atoms with van der Waals surface area (Å²) in [5.74, 6) is -0.428. The topological polar surface area (TPSA) is 50.5 Å². The molecule has 3 rings (SSSR count). The van der Waals surface area contributed by atoms with Gasteiger partial charge in [0, 0.05) is 33.2 Å². The first-order valence-electron chi connectivity index (χ1n) is 8.38. The molecule has 4 nitrogen and oxygen atoms in total. The van der Waals surface area contributed by atoms with Crippen molar-refractivity contribution in [2.24, 2.45) is 0 Å². The fourth-order valence-corrected chi connectivity index (χ4v) is 3.50. The highest BCUT2D eigenvalue weighted by Gasteiger charge is 2.37. The van der Waals surface area contributed by atoms with Gasteiger partial charge in [0.25, 0.3) is 0 Å². The maximum absolute atomic E-state index is 13.3. The molecule has 0 aliphatic carbocycles. The van der Waals surface area contributed by atoms with E-state index < -0.39 is 11.4 Å². The molecule has 2 aromatic rings. The maximum atomic E-state index is 13.3. The van der Waals surface area contributed by atoms with Crippen LogP contribution in [-0.4, -0.2) is 42.3 Å². The second-order valence-corrected chi connectivity index (χ2v) is 6.80. The predicted octanol–water partition coefficient (Wildman–Crippen LogP) is 2.77. The Labute approximate surface area is 147 Å². The number of β-amino-alcohol motifs (C(OH)–C–C–N with tert-alkyl or cyclic N) is 1. The number of likely N-dealkylation sites (N-methyl/N-ethyl adjacent to an activating group) is 1. The van der Waals surface area contributed by atoms with Crippen LogP contribution in [-0.2, 0) is 6.54 Å². The molecule has 5 heteroatoms. The predicted molar refractivity (Wildman–Crippen MR) is 95.7 cm³/mol. The minimum Gasteiger partial charge on any atom is -0.387 e. The van der Waals surface area contributed by atoms with Gasteiger partial charge < -0.3 is 10.0 Å². The molecule has 25 heavy (non-hydrogen) atoms. The number of anilines is 1. The summed E-state index contributed by atoms with van der Waals surface area (Å²) < 4.78 is 13.3. The third-order valence-electron chi connectivity index (χ3n) is 4.68. The van der Waals surface area contributed by atoms with Crippen LogP contribution in [0.5, 0.6) is 0 Å². The van der Waals surface area contributed by atoms with Gasteiger partial charge in [-0.1, -0.05) is 30.3 Å². The Morgan fingerprint density at radius 3 is 2.76 bits per heavy atom. The maximum Gasteiger partial charge on any atom is 0.124 e. The van der Waals surface area contributed by atoms with E-state index in [0.29, 0.717) is 25.2 Å².